The first-order chi connectivity index (χ1) is 12.6. The zero-order chi connectivity index (χ0) is 18.1. The summed E-state index contributed by atoms with van der Waals surface area (Å²) in [7, 11) is 0. The molecule has 8 heteroatoms. The maximum atomic E-state index is 13.0. The van der Waals surface area contributed by atoms with E-state index in [2.05, 4.69) is 25.5 Å². The van der Waals surface area contributed by atoms with E-state index in [0.717, 1.165) is 23.7 Å². The first-order valence-corrected chi connectivity index (χ1v) is 9.77. The Kier molecular flexibility index (Phi) is 4.52. The van der Waals surface area contributed by atoms with Crippen LogP contribution in [0.1, 0.15) is 36.9 Å². The summed E-state index contributed by atoms with van der Waals surface area (Å²) >= 11 is 2.73. The largest absolute Gasteiger partial charge is 0.334 e. The number of nitrogens with one attached hydrogen (secondary N) is 1. The van der Waals surface area contributed by atoms with Crippen LogP contribution in [-0.4, -0.2) is 32.0 Å². The Labute approximate surface area is 158 Å². The lowest BCUT2D eigenvalue weighted by molar-refractivity contribution is 0.0735. The molecule has 0 unspecified atom stereocenters. The average molecular weight is 384 g/mol. The molecule has 0 fully saturated rings. The third-order valence-corrected chi connectivity index (χ3v) is 6.00. The molecule has 3 heterocycles. The van der Waals surface area contributed by atoms with Crippen molar-refractivity contribution in [1.29, 1.82) is 0 Å². The molecule has 0 atom stereocenters. The molecule has 2 amide bonds. The van der Waals surface area contributed by atoms with E-state index in [1.807, 2.05) is 11.8 Å². The monoisotopic (exact) mass is 384 g/mol. The number of carbonyl (C=O) groups is 2. The Hall–Kier alpha value is -2.58. The van der Waals surface area contributed by atoms with Gasteiger partial charge in [-0.05, 0) is 48.1 Å². The molecule has 132 valence electrons. The smallest absolute Gasteiger partial charge is 0.277 e. The van der Waals surface area contributed by atoms with Crippen molar-refractivity contribution in [2.45, 2.75) is 19.9 Å². The highest BCUT2D eigenvalue weighted by Gasteiger charge is 2.24. The maximum absolute atomic E-state index is 13.0. The third-order valence-electron chi connectivity index (χ3n) is 4.50. The summed E-state index contributed by atoms with van der Waals surface area (Å²) in [6.45, 7) is 3.20. The van der Waals surface area contributed by atoms with Gasteiger partial charge in [0.05, 0.1) is 17.9 Å². The van der Waals surface area contributed by atoms with Gasteiger partial charge in [-0.2, -0.15) is 8.75 Å². The van der Waals surface area contributed by atoms with Crippen molar-refractivity contribution < 1.29 is 9.59 Å². The van der Waals surface area contributed by atoms with Gasteiger partial charge in [-0.25, -0.2) is 0 Å². The summed E-state index contributed by atoms with van der Waals surface area (Å²) < 4.78 is 7.77. The molecule has 0 bridgehead atoms. The normalized spacial score (nSPS) is 13.3. The molecule has 1 aliphatic rings. The van der Waals surface area contributed by atoms with Crippen molar-refractivity contribution in [3.05, 3.63) is 63.1 Å². The second-order valence-electron chi connectivity index (χ2n) is 6.07. The summed E-state index contributed by atoms with van der Waals surface area (Å²) in [6.07, 6.45) is 2.32. The molecule has 1 aliphatic heterocycles. The van der Waals surface area contributed by atoms with Crippen molar-refractivity contribution >= 4 is 40.6 Å². The van der Waals surface area contributed by atoms with Crippen molar-refractivity contribution in [1.82, 2.24) is 13.6 Å². The highest BCUT2D eigenvalue weighted by molar-refractivity contribution is 7.10. The second kappa shape index (κ2) is 6.97. The van der Waals surface area contributed by atoms with Gasteiger partial charge in [0.1, 0.15) is 0 Å². The fourth-order valence-electron chi connectivity index (χ4n) is 3.05. The van der Waals surface area contributed by atoms with Gasteiger partial charge in [0.15, 0.2) is 5.69 Å². The lowest BCUT2D eigenvalue weighted by atomic mass is 10.0. The molecule has 6 nitrogen and oxygen atoms in total. The number of aromatic nitrogens is 2. The van der Waals surface area contributed by atoms with E-state index in [1.165, 1.54) is 16.6 Å². The van der Waals surface area contributed by atoms with E-state index in [-0.39, 0.29) is 17.5 Å². The van der Waals surface area contributed by atoms with E-state index >= 15 is 0 Å². The van der Waals surface area contributed by atoms with Crippen LogP contribution in [-0.2, 0) is 13.0 Å². The van der Waals surface area contributed by atoms with Crippen LogP contribution in [0.5, 0.6) is 0 Å². The number of nitrogens with zero attached hydrogens (tertiary/aromatic N) is 3. The van der Waals surface area contributed by atoms with Gasteiger partial charge in [0.25, 0.3) is 11.8 Å². The van der Waals surface area contributed by atoms with Gasteiger partial charge in [-0.1, -0.05) is 6.07 Å². The van der Waals surface area contributed by atoms with E-state index in [1.54, 1.807) is 29.5 Å². The summed E-state index contributed by atoms with van der Waals surface area (Å²) in [5.74, 6) is -0.335. The fraction of sp³-hybridized carbons (Fsp3) is 0.222. The summed E-state index contributed by atoms with van der Waals surface area (Å²) in [4.78, 5) is 28.5. The average Bonchev–Trinajstić information content (AvgIpc) is 3.34. The molecule has 0 aliphatic carbocycles. The minimum Gasteiger partial charge on any atom is -0.334 e. The highest BCUT2D eigenvalue weighted by Crippen LogP contribution is 2.27. The number of anilines is 1. The summed E-state index contributed by atoms with van der Waals surface area (Å²) in [6, 6.07) is 7.47. The fourth-order valence-corrected chi connectivity index (χ4v) is 4.35. The lowest BCUT2D eigenvalue weighted by Crippen LogP contribution is -2.35. The van der Waals surface area contributed by atoms with Crippen LogP contribution in [0.25, 0.3) is 0 Å². The quantitative estimate of drug-likeness (QED) is 0.751. The number of carbonyl (C=O) groups excluding carboxylic acids is 2. The Morgan fingerprint density at radius 2 is 2.15 bits per heavy atom. The first kappa shape index (κ1) is 16.9. The van der Waals surface area contributed by atoms with Crippen LogP contribution in [0.4, 0.5) is 5.69 Å². The van der Waals surface area contributed by atoms with E-state index in [4.69, 9.17) is 0 Å². The van der Waals surface area contributed by atoms with Gasteiger partial charge in [0, 0.05) is 29.2 Å². The topological polar surface area (TPSA) is 75.2 Å². The minimum absolute atomic E-state index is 0.00854. The maximum Gasteiger partial charge on any atom is 0.277 e. The molecule has 0 radical (unpaired) electrons. The van der Waals surface area contributed by atoms with Crippen LogP contribution in [0.3, 0.4) is 0 Å². The molecule has 3 aromatic rings. The first-order valence-electron chi connectivity index (χ1n) is 8.16. The standard InChI is InChI=1S/C18H16N4O2S2/c1-11-13(18(24)22-7-5-16-12(10-22)6-8-25-16)3-2-4-14(11)20-17(23)15-9-19-26-21-15/h2-4,6,8-9H,5,7,10H2,1H3,(H,20,23). The Morgan fingerprint density at radius 1 is 1.27 bits per heavy atom. The zero-order valence-electron chi connectivity index (χ0n) is 14.1. The minimum atomic E-state index is -0.327. The van der Waals surface area contributed by atoms with Gasteiger partial charge in [-0.15, -0.1) is 11.3 Å². The van der Waals surface area contributed by atoms with E-state index in [0.29, 0.717) is 24.3 Å². The van der Waals surface area contributed by atoms with Crippen LogP contribution in [0.15, 0.2) is 35.8 Å². The second-order valence-corrected chi connectivity index (χ2v) is 7.63. The number of fused-ring (bicyclic) bond motifs is 1. The highest BCUT2D eigenvalue weighted by atomic mass is 32.1. The van der Waals surface area contributed by atoms with E-state index in [9.17, 15) is 9.59 Å². The number of thiophene rings is 1. The van der Waals surface area contributed by atoms with Crippen LogP contribution < -0.4 is 5.32 Å². The van der Waals surface area contributed by atoms with Gasteiger partial charge in [-0.3, -0.25) is 9.59 Å². The van der Waals surface area contributed by atoms with E-state index < -0.39 is 0 Å². The van der Waals surface area contributed by atoms with Gasteiger partial charge >= 0.3 is 0 Å². The van der Waals surface area contributed by atoms with Crippen molar-refractivity contribution in [3.8, 4) is 0 Å². The molecular formula is C18H16N4O2S2. The molecule has 4 rings (SSSR count). The van der Waals surface area contributed by atoms with Gasteiger partial charge in [0.2, 0.25) is 0 Å². The lowest BCUT2D eigenvalue weighted by Gasteiger charge is -2.28. The molecule has 2 aromatic heterocycles. The molecule has 0 spiro atoms. The molecule has 1 aromatic carbocycles. The van der Waals surface area contributed by atoms with Gasteiger partial charge < -0.3 is 10.2 Å². The zero-order valence-corrected chi connectivity index (χ0v) is 15.7. The number of benzene rings is 1. The molecular weight excluding hydrogens is 368 g/mol. The summed E-state index contributed by atoms with van der Waals surface area (Å²) in [5.41, 5.74) is 3.48. The number of hydrogen-bond donors (Lipinski definition) is 1. The number of hydrogen-bond acceptors (Lipinski definition) is 6. The van der Waals surface area contributed by atoms with Crippen molar-refractivity contribution in [2.75, 3.05) is 11.9 Å². The number of rotatable bonds is 3. The Bertz CT molecular complexity index is 965. The predicted molar refractivity (Wildman–Crippen MR) is 102 cm³/mol. The third kappa shape index (κ3) is 3.13. The molecule has 26 heavy (non-hydrogen) atoms. The Morgan fingerprint density at radius 3 is 2.96 bits per heavy atom. The molecule has 1 N–H and O–H groups in total. The number of amides is 2. The van der Waals surface area contributed by atoms with Crippen LogP contribution in [0, 0.1) is 6.92 Å². The van der Waals surface area contributed by atoms with Crippen LogP contribution in [0.2, 0.25) is 0 Å². The Balaban J connectivity index is 1.56. The SMILES string of the molecule is Cc1c(NC(=O)c2cnsn2)cccc1C(=O)N1CCc2sccc2C1. The molecule has 0 saturated carbocycles. The van der Waals surface area contributed by atoms with Crippen molar-refractivity contribution in [2.24, 2.45) is 0 Å². The van der Waals surface area contributed by atoms with Crippen LogP contribution >= 0.6 is 23.1 Å². The summed E-state index contributed by atoms with van der Waals surface area (Å²) in [5, 5.41) is 4.90. The predicted octanol–water partition coefficient (Wildman–Crippen LogP) is 3.36. The van der Waals surface area contributed by atoms with Crippen molar-refractivity contribution in [3.63, 3.8) is 0 Å². The molecule has 0 saturated heterocycles.